The maximum absolute atomic E-state index is 2.37. The Morgan fingerprint density at radius 2 is 1.33 bits per heavy atom. The Hall–Kier alpha value is -1.50. The van der Waals surface area contributed by atoms with Crippen molar-refractivity contribution in [2.75, 3.05) is 0 Å². The van der Waals surface area contributed by atoms with E-state index >= 15 is 0 Å². The molecule has 1 heteroatoms. The predicted octanol–water partition coefficient (Wildman–Crippen LogP) is 5.60. The highest BCUT2D eigenvalue weighted by Crippen LogP contribution is 2.37. The number of nitrogens with zero attached hydrogens (tertiary/aromatic N) is 1. The summed E-state index contributed by atoms with van der Waals surface area (Å²) in [6, 6.07) is 9.06. The summed E-state index contributed by atoms with van der Waals surface area (Å²) >= 11 is 0. The van der Waals surface area contributed by atoms with Gasteiger partial charge in [-0.05, 0) is 64.3 Å². The molecule has 0 N–H and O–H groups in total. The topological polar surface area (TPSA) is 4.93 Å². The lowest BCUT2D eigenvalue weighted by atomic mass is 9.75. The quantitative estimate of drug-likeness (QED) is 0.642. The van der Waals surface area contributed by atoms with Crippen LogP contribution in [0.3, 0.4) is 0 Å². The van der Waals surface area contributed by atoms with Crippen LogP contribution in [-0.2, 0) is 17.9 Å². The van der Waals surface area contributed by atoms with Gasteiger partial charge in [-0.2, -0.15) is 0 Å². The lowest BCUT2D eigenvalue weighted by molar-refractivity contribution is 0.561. The summed E-state index contributed by atoms with van der Waals surface area (Å²) < 4.78 is 2.20. The van der Waals surface area contributed by atoms with Gasteiger partial charge in [0.15, 0.2) is 0 Å². The molecule has 0 aliphatic carbocycles. The second-order valence-corrected chi connectivity index (χ2v) is 8.20. The zero-order valence-corrected chi connectivity index (χ0v) is 14.8. The van der Waals surface area contributed by atoms with E-state index in [1.54, 1.807) is 0 Å². The van der Waals surface area contributed by atoms with Crippen LogP contribution < -0.4 is 0 Å². The van der Waals surface area contributed by atoms with E-state index in [-0.39, 0.29) is 10.8 Å². The van der Waals surface area contributed by atoms with E-state index in [2.05, 4.69) is 90.5 Å². The van der Waals surface area contributed by atoms with Gasteiger partial charge in [-0.3, -0.25) is 0 Å². The van der Waals surface area contributed by atoms with Crippen molar-refractivity contribution in [1.82, 2.24) is 4.57 Å². The maximum atomic E-state index is 2.37. The van der Waals surface area contributed by atoms with E-state index < -0.39 is 0 Å². The monoisotopic (exact) mass is 283 g/mol. The summed E-state index contributed by atoms with van der Waals surface area (Å²) in [6.45, 7) is 16.1. The molecule has 1 nitrogen and oxygen atoms in total. The Morgan fingerprint density at radius 3 is 1.67 bits per heavy atom. The van der Waals surface area contributed by atoms with Crippen LogP contribution in [0.4, 0.5) is 0 Å². The van der Waals surface area contributed by atoms with E-state index in [1.807, 2.05) is 0 Å². The molecule has 0 fully saturated rings. The summed E-state index contributed by atoms with van der Waals surface area (Å²) in [5.74, 6) is 0. The summed E-state index contributed by atoms with van der Waals surface area (Å²) in [4.78, 5) is 0. The highest BCUT2D eigenvalue weighted by molar-refractivity contribution is 5.65. The molecule has 2 aromatic rings. The van der Waals surface area contributed by atoms with Gasteiger partial charge in [0.05, 0.1) is 0 Å². The average Bonchev–Trinajstić information content (AvgIpc) is 2.72. The Bertz CT molecular complexity index is 610. The Balaban J connectivity index is 2.78. The van der Waals surface area contributed by atoms with E-state index in [1.165, 1.54) is 27.9 Å². The third-order valence-corrected chi connectivity index (χ3v) is 4.26. The predicted molar refractivity (Wildman–Crippen MR) is 93.0 cm³/mol. The highest BCUT2D eigenvalue weighted by atomic mass is 14.9. The molecule has 0 aliphatic heterocycles. The fourth-order valence-corrected chi connectivity index (χ4v) is 3.18. The molecular weight excluding hydrogens is 254 g/mol. The first-order valence-electron chi connectivity index (χ1n) is 7.79. The van der Waals surface area contributed by atoms with Gasteiger partial charge in [0, 0.05) is 18.9 Å². The third kappa shape index (κ3) is 3.07. The second kappa shape index (κ2) is 5.05. The number of hydrogen-bond acceptors (Lipinski definition) is 0. The van der Waals surface area contributed by atoms with Crippen LogP contribution in [0.5, 0.6) is 0 Å². The molecule has 1 aromatic heterocycles. The largest absolute Gasteiger partial charge is 0.351 e. The minimum absolute atomic E-state index is 0.158. The molecule has 0 unspecified atom stereocenters. The Kier molecular flexibility index (Phi) is 3.82. The van der Waals surface area contributed by atoms with Gasteiger partial charge in [-0.15, -0.1) is 0 Å². The summed E-state index contributed by atoms with van der Waals surface area (Å²) in [6.07, 6.45) is 2.11. The minimum atomic E-state index is 0.158. The van der Waals surface area contributed by atoms with Gasteiger partial charge < -0.3 is 4.57 Å². The van der Waals surface area contributed by atoms with E-state index in [0.29, 0.717) is 0 Å². The fourth-order valence-electron chi connectivity index (χ4n) is 3.18. The van der Waals surface area contributed by atoms with E-state index in [9.17, 15) is 0 Å². The molecule has 1 aromatic carbocycles. The first-order valence-corrected chi connectivity index (χ1v) is 7.79. The first kappa shape index (κ1) is 15.9. The normalized spacial score (nSPS) is 12.8. The van der Waals surface area contributed by atoms with E-state index in [0.717, 1.165) is 0 Å². The van der Waals surface area contributed by atoms with Crippen molar-refractivity contribution < 1.29 is 0 Å². The SMILES string of the molecule is Cc1c(C(C)(C)C)cc(-c2cccn2C)cc1C(C)(C)C. The van der Waals surface area contributed by atoms with Gasteiger partial charge in [0.2, 0.25) is 0 Å². The van der Waals surface area contributed by atoms with Crippen LogP contribution >= 0.6 is 0 Å². The van der Waals surface area contributed by atoms with Crippen molar-refractivity contribution >= 4 is 0 Å². The van der Waals surface area contributed by atoms with Crippen molar-refractivity contribution in [2.45, 2.75) is 59.3 Å². The number of aromatic nitrogens is 1. The van der Waals surface area contributed by atoms with Crippen molar-refractivity contribution in [3.63, 3.8) is 0 Å². The van der Waals surface area contributed by atoms with Crippen molar-refractivity contribution in [3.05, 3.63) is 47.2 Å². The van der Waals surface area contributed by atoms with Crippen LogP contribution in [-0.4, -0.2) is 4.57 Å². The molecule has 0 radical (unpaired) electrons. The highest BCUT2D eigenvalue weighted by Gasteiger charge is 2.24. The molecule has 0 amide bonds. The van der Waals surface area contributed by atoms with Crippen molar-refractivity contribution in [3.8, 4) is 11.3 Å². The lowest BCUT2D eigenvalue weighted by Gasteiger charge is -2.30. The molecule has 1 heterocycles. The number of rotatable bonds is 1. The molecule has 2 rings (SSSR count). The summed E-state index contributed by atoms with van der Waals surface area (Å²) in [5.41, 5.74) is 7.26. The van der Waals surface area contributed by atoms with Gasteiger partial charge in [0.1, 0.15) is 0 Å². The lowest BCUT2D eigenvalue weighted by Crippen LogP contribution is -2.20. The molecule has 0 bridgehead atoms. The van der Waals surface area contributed by atoms with Crippen LogP contribution in [0.2, 0.25) is 0 Å². The maximum Gasteiger partial charge on any atom is 0.0477 e. The Morgan fingerprint density at radius 1 is 0.857 bits per heavy atom. The fraction of sp³-hybridized carbons (Fsp3) is 0.500. The van der Waals surface area contributed by atoms with E-state index in [4.69, 9.17) is 0 Å². The standard InChI is InChI=1S/C20H29N/c1-14-16(19(2,3)4)12-15(13-17(14)20(5,6)7)18-10-9-11-21(18)8/h9-13H,1-8H3. The van der Waals surface area contributed by atoms with Crippen LogP contribution in [0.1, 0.15) is 58.2 Å². The van der Waals surface area contributed by atoms with Crippen molar-refractivity contribution in [1.29, 1.82) is 0 Å². The first-order chi connectivity index (χ1) is 9.51. The van der Waals surface area contributed by atoms with Gasteiger partial charge in [-0.1, -0.05) is 41.5 Å². The minimum Gasteiger partial charge on any atom is -0.351 e. The zero-order chi connectivity index (χ0) is 16.0. The van der Waals surface area contributed by atoms with Crippen LogP contribution in [0.25, 0.3) is 11.3 Å². The van der Waals surface area contributed by atoms with Crippen LogP contribution in [0, 0.1) is 6.92 Å². The Labute approximate surface area is 130 Å². The summed E-state index contributed by atoms with van der Waals surface area (Å²) in [5, 5.41) is 0. The molecule has 0 atom stereocenters. The number of benzene rings is 1. The molecule has 0 aliphatic rings. The molecule has 114 valence electrons. The second-order valence-electron chi connectivity index (χ2n) is 8.20. The van der Waals surface area contributed by atoms with Crippen molar-refractivity contribution in [2.24, 2.45) is 7.05 Å². The molecule has 21 heavy (non-hydrogen) atoms. The van der Waals surface area contributed by atoms with Crippen LogP contribution in [0.15, 0.2) is 30.5 Å². The van der Waals surface area contributed by atoms with Gasteiger partial charge >= 0.3 is 0 Å². The van der Waals surface area contributed by atoms with Gasteiger partial charge in [-0.25, -0.2) is 0 Å². The smallest absolute Gasteiger partial charge is 0.0477 e. The molecule has 0 saturated carbocycles. The third-order valence-electron chi connectivity index (χ3n) is 4.26. The molecule has 0 saturated heterocycles. The van der Waals surface area contributed by atoms with Gasteiger partial charge in [0.25, 0.3) is 0 Å². The summed E-state index contributed by atoms with van der Waals surface area (Å²) in [7, 11) is 2.11. The molecular formula is C20H29N. The zero-order valence-electron chi connectivity index (χ0n) is 14.8. The number of aryl methyl sites for hydroxylation is 1. The average molecular weight is 283 g/mol. The molecule has 0 spiro atoms. The number of hydrogen-bond donors (Lipinski definition) is 0.